The first kappa shape index (κ1) is 15.3. The van der Waals surface area contributed by atoms with E-state index in [0.717, 1.165) is 6.42 Å². The van der Waals surface area contributed by atoms with E-state index in [2.05, 4.69) is 5.32 Å². The molecule has 3 N–H and O–H groups in total. The normalized spacial score (nSPS) is 16.0. The molecule has 8 heteroatoms. The van der Waals surface area contributed by atoms with E-state index >= 15 is 0 Å². The molecule has 0 radical (unpaired) electrons. The fourth-order valence-corrected chi connectivity index (χ4v) is 1.92. The quantitative estimate of drug-likeness (QED) is 0.731. The smallest absolute Gasteiger partial charge is 0.313 e. The number of rotatable bonds is 3. The molecule has 2 rings (SSSR count). The molecule has 1 aliphatic rings. The van der Waals surface area contributed by atoms with Crippen LogP contribution in [0.5, 0.6) is 0 Å². The zero-order valence-corrected chi connectivity index (χ0v) is 10.9. The van der Waals surface area contributed by atoms with E-state index in [0.29, 0.717) is 25.0 Å². The summed E-state index contributed by atoms with van der Waals surface area (Å²) in [6.45, 7) is -0.117. The second-order valence-electron chi connectivity index (χ2n) is 4.96. The molecular weight excluding hydrogens is 289 g/mol. The summed E-state index contributed by atoms with van der Waals surface area (Å²) in [5, 5.41) is 13.6. The Morgan fingerprint density at radius 1 is 1.14 bits per heavy atom. The van der Waals surface area contributed by atoms with Gasteiger partial charge in [-0.3, -0.25) is 9.59 Å². The van der Waals surface area contributed by atoms with Crippen molar-refractivity contribution in [3.63, 3.8) is 0 Å². The molecular formula is C13H13F3N2O3. The van der Waals surface area contributed by atoms with Crippen LogP contribution in [0.15, 0.2) is 12.1 Å². The lowest BCUT2D eigenvalue weighted by Crippen LogP contribution is -2.50. The number of carbonyl (C=O) groups excluding carboxylic acids is 2. The van der Waals surface area contributed by atoms with Gasteiger partial charge < -0.3 is 15.7 Å². The summed E-state index contributed by atoms with van der Waals surface area (Å²) in [5.74, 6) is -6.24. The topological polar surface area (TPSA) is 78.4 Å². The lowest BCUT2D eigenvalue weighted by molar-refractivity contribution is -0.137. The Bertz CT molecular complexity index is 565. The first-order valence-electron chi connectivity index (χ1n) is 6.27. The molecule has 0 bridgehead atoms. The summed E-state index contributed by atoms with van der Waals surface area (Å²) in [6, 6.07) is 0.765. The van der Waals surface area contributed by atoms with Crippen LogP contribution in [0.4, 0.5) is 18.9 Å². The highest BCUT2D eigenvalue weighted by atomic mass is 19.1. The van der Waals surface area contributed by atoms with E-state index in [1.807, 2.05) is 0 Å². The highest BCUT2D eigenvalue weighted by Gasteiger charge is 2.35. The van der Waals surface area contributed by atoms with Gasteiger partial charge in [0.1, 0.15) is 11.5 Å². The lowest BCUT2D eigenvalue weighted by Gasteiger charge is -2.36. The molecule has 0 heterocycles. The van der Waals surface area contributed by atoms with Gasteiger partial charge in [0.05, 0.1) is 5.60 Å². The van der Waals surface area contributed by atoms with Crippen LogP contribution >= 0.6 is 0 Å². The second-order valence-corrected chi connectivity index (χ2v) is 4.96. The van der Waals surface area contributed by atoms with Crippen molar-refractivity contribution < 1.29 is 27.9 Å². The van der Waals surface area contributed by atoms with E-state index in [-0.39, 0.29) is 6.54 Å². The molecule has 0 aromatic heterocycles. The minimum atomic E-state index is -1.33. The molecule has 0 spiro atoms. The van der Waals surface area contributed by atoms with E-state index in [1.54, 1.807) is 5.32 Å². The van der Waals surface area contributed by atoms with Crippen molar-refractivity contribution in [2.45, 2.75) is 24.9 Å². The van der Waals surface area contributed by atoms with Crippen LogP contribution in [0.2, 0.25) is 0 Å². The summed E-state index contributed by atoms with van der Waals surface area (Å²) in [7, 11) is 0. The summed E-state index contributed by atoms with van der Waals surface area (Å²) in [4.78, 5) is 23.0. The van der Waals surface area contributed by atoms with Gasteiger partial charge in [0.2, 0.25) is 0 Å². The van der Waals surface area contributed by atoms with Crippen LogP contribution in [0.25, 0.3) is 0 Å². The molecule has 1 aromatic carbocycles. The molecule has 1 aromatic rings. The van der Waals surface area contributed by atoms with Crippen molar-refractivity contribution in [2.75, 3.05) is 11.9 Å². The number of hydrogen-bond acceptors (Lipinski definition) is 3. The third kappa shape index (κ3) is 3.52. The molecule has 1 fully saturated rings. The Labute approximate surface area is 118 Å². The maximum absolute atomic E-state index is 13.3. The number of aliphatic hydroxyl groups is 1. The number of nitrogens with one attached hydrogen (secondary N) is 2. The summed E-state index contributed by atoms with van der Waals surface area (Å²) in [5.41, 5.74) is -1.93. The van der Waals surface area contributed by atoms with Gasteiger partial charge in [-0.25, -0.2) is 13.2 Å². The van der Waals surface area contributed by atoms with Gasteiger partial charge >= 0.3 is 11.8 Å². The van der Waals surface area contributed by atoms with Gasteiger partial charge in [0.15, 0.2) is 11.6 Å². The van der Waals surface area contributed by atoms with Gasteiger partial charge in [0.25, 0.3) is 0 Å². The Morgan fingerprint density at radius 2 is 1.71 bits per heavy atom. The number of halogens is 3. The Balaban J connectivity index is 1.96. The molecule has 1 aliphatic carbocycles. The van der Waals surface area contributed by atoms with E-state index in [4.69, 9.17) is 0 Å². The van der Waals surface area contributed by atoms with E-state index in [9.17, 15) is 27.9 Å². The van der Waals surface area contributed by atoms with Gasteiger partial charge in [-0.05, 0) is 19.3 Å². The molecule has 21 heavy (non-hydrogen) atoms. The van der Waals surface area contributed by atoms with Crippen molar-refractivity contribution in [1.82, 2.24) is 5.32 Å². The molecule has 5 nitrogen and oxygen atoms in total. The van der Waals surface area contributed by atoms with Crippen LogP contribution in [0.1, 0.15) is 19.3 Å². The van der Waals surface area contributed by atoms with Gasteiger partial charge in [-0.2, -0.15) is 0 Å². The zero-order valence-electron chi connectivity index (χ0n) is 10.9. The average molecular weight is 302 g/mol. The Morgan fingerprint density at radius 3 is 2.19 bits per heavy atom. The number of benzene rings is 1. The van der Waals surface area contributed by atoms with Crippen LogP contribution in [-0.4, -0.2) is 29.1 Å². The van der Waals surface area contributed by atoms with Crippen molar-refractivity contribution in [3.05, 3.63) is 29.6 Å². The Hall–Kier alpha value is -2.09. The molecule has 1 saturated carbocycles. The third-order valence-electron chi connectivity index (χ3n) is 3.31. The van der Waals surface area contributed by atoms with Crippen LogP contribution in [0.3, 0.4) is 0 Å². The predicted octanol–water partition coefficient (Wildman–Crippen LogP) is 1.07. The zero-order chi connectivity index (χ0) is 15.6. The maximum atomic E-state index is 13.3. The molecule has 114 valence electrons. The summed E-state index contributed by atoms with van der Waals surface area (Å²) >= 11 is 0. The van der Waals surface area contributed by atoms with Crippen molar-refractivity contribution in [3.8, 4) is 0 Å². The largest absolute Gasteiger partial charge is 0.388 e. The van der Waals surface area contributed by atoms with Crippen molar-refractivity contribution in [2.24, 2.45) is 0 Å². The predicted molar refractivity (Wildman–Crippen MR) is 66.8 cm³/mol. The average Bonchev–Trinajstić information content (AvgIpc) is 2.37. The second kappa shape index (κ2) is 5.72. The minimum Gasteiger partial charge on any atom is -0.388 e. The van der Waals surface area contributed by atoms with E-state index in [1.165, 1.54) is 0 Å². The summed E-state index contributed by atoms with van der Waals surface area (Å²) < 4.78 is 39.3. The van der Waals surface area contributed by atoms with Gasteiger partial charge in [-0.15, -0.1) is 0 Å². The van der Waals surface area contributed by atoms with Crippen molar-refractivity contribution in [1.29, 1.82) is 0 Å². The lowest BCUT2D eigenvalue weighted by atomic mass is 9.80. The standard InChI is InChI=1S/C13H13F3N2O3/c14-7-4-8(15)10(9(16)5-7)18-12(20)11(19)17-6-13(21)2-1-3-13/h4-5,21H,1-3,6H2,(H,17,19)(H,18,20). The number of anilines is 1. The van der Waals surface area contributed by atoms with Crippen LogP contribution < -0.4 is 10.6 Å². The number of amides is 2. The highest BCUT2D eigenvalue weighted by molar-refractivity contribution is 6.39. The summed E-state index contributed by atoms with van der Waals surface area (Å²) in [6.07, 6.45) is 1.84. The van der Waals surface area contributed by atoms with Gasteiger partial charge in [-0.1, -0.05) is 0 Å². The molecule has 0 unspecified atom stereocenters. The van der Waals surface area contributed by atoms with Crippen molar-refractivity contribution >= 4 is 17.5 Å². The monoisotopic (exact) mass is 302 g/mol. The maximum Gasteiger partial charge on any atom is 0.313 e. The van der Waals surface area contributed by atoms with Gasteiger partial charge in [0, 0.05) is 18.7 Å². The molecule has 0 atom stereocenters. The fourth-order valence-electron chi connectivity index (χ4n) is 1.92. The van der Waals surface area contributed by atoms with Crippen LogP contribution in [0, 0.1) is 17.5 Å². The van der Waals surface area contributed by atoms with Crippen LogP contribution in [-0.2, 0) is 9.59 Å². The number of hydrogen-bond donors (Lipinski definition) is 3. The van der Waals surface area contributed by atoms with E-state index < -0.39 is 40.6 Å². The molecule has 0 saturated heterocycles. The highest BCUT2D eigenvalue weighted by Crippen LogP contribution is 2.30. The minimum absolute atomic E-state index is 0.117. The third-order valence-corrected chi connectivity index (χ3v) is 3.31. The molecule has 2 amide bonds. The Kier molecular flexibility index (Phi) is 4.17. The number of carbonyl (C=O) groups is 2. The first-order valence-corrected chi connectivity index (χ1v) is 6.27. The SMILES string of the molecule is O=C(NCC1(O)CCC1)C(=O)Nc1c(F)cc(F)cc1F. The fraction of sp³-hybridized carbons (Fsp3) is 0.385. The molecule has 0 aliphatic heterocycles. The first-order chi connectivity index (χ1) is 9.81.